The Morgan fingerprint density at radius 3 is 2.48 bits per heavy atom. The van der Waals surface area contributed by atoms with Gasteiger partial charge in [0.15, 0.2) is 0 Å². The summed E-state index contributed by atoms with van der Waals surface area (Å²) in [7, 11) is 1.65. The number of fused-ring (bicyclic) bond motifs is 1. The molecule has 3 N–H and O–H groups in total. The second-order valence-corrected chi connectivity index (χ2v) is 4.98. The van der Waals surface area contributed by atoms with Gasteiger partial charge in [-0.3, -0.25) is 4.79 Å². The highest BCUT2D eigenvalue weighted by Crippen LogP contribution is 2.31. The maximum atomic E-state index is 11.3. The topological polar surface area (TPSA) is 68.1 Å². The predicted octanol–water partition coefficient (Wildman–Crippen LogP) is 3.25. The molecule has 21 heavy (non-hydrogen) atoms. The van der Waals surface area contributed by atoms with E-state index in [1.54, 1.807) is 13.2 Å². The smallest absolute Gasteiger partial charge is 0.248 e. The van der Waals surface area contributed by atoms with Gasteiger partial charge in [0, 0.05) is 22.2 Å². The van der Waals surface area contributed by atoms with E-state index in [2.05, 4.69) is 4.98 Å². The first-order valence-electron chi connectivity index (χ1n) is 6.66. The van der Waals surface area contributed by atoms with Gasteiger partial charge in [-0.25, -0.2) is 0 Å². The molecule has 0 unspecified atom stereocenters. The fourth-order valence-corrected chi connectivity index (χ4v) is 2.53. The molecule has 0 aliphatic carbocycles. The van der Waals surface area contributed by atoms with Crippen LogP contribution < -0.4 is 10.5 Å². The summed E-state index contributed by atoms with van der Waals surface area (Å²) in [6, 6.07) is 13.3. The first kappa shape index (κ1) is 13.2. The number of aryl methyl sites for hydroxylation is 1. The number of ether oxygens (including phenoxy) is 1. The number of hydrogen-bond donors (Lipinski definition) is 2. The SMILES string of the molecule is COc1ccc(-c2[nH]c3ccc(C(N)=O)cc3c2C)cc1. The molecule has 1 aromatic heterocycles. The number of nitrogens with two attached hydrogens (primary N) is 1. The van der Waals surface area contributed by atoms with Gasteiger partial charge in [0.05, 0.1) is 7.11 Å². The van der Waals surface area contributed by atoms with E-state index in [-0.39, 0.29) is 0 Å². The highest BCUT2D eigenvalue weighted by atomic mass is 16.5. The van der Waals surface area contributed by atoms with E-state index in [1.165, 1.54) is 0 Å². The van der Waals surface area contributed by atoms with Gasteiger partial charge >= 0.3 is 0 Å². The lowest BCUT2D eigenvalue weighted by Crippen LogP contribution is -2.10. The van der Waals surface area contributed by atoms with E-state index in [4.69, 9.17) is 10.5 Å². The van der Waals surface area contributed by atoms with Gasteiger partial charge in [-0.1, -0.05) is 0 Å². The molecule has 0 aliphatic heterocycles. The number of primary amides is 1. The minimum atomic E-state index is -0.413. The number of aromatic nitrogens is 1. The molecule has 4 heteroatoms. The molecule has 1 amide bonds. The fraction of sp³-hybridized carbons (Fsp3) is 0.118. The van der Waals surface area contributed by atoms with Crippen LogP contribution in [-0.4, -0.2) is 18.0 Å². The van der Waals surface area contributed by atoms with Gasteiger partial charge in [-0.05, 0) is 60.5 Å². The zero-order chi connectivity index (χ0) is 15.0. The van der Waals surface area contributed by atoms with E-state index < -0.39 is 5.91 Å². The third-order valence-electron chi connectivity index (χ3n) is 3.72. The van der Waals surface area contributed by atoms with Crippen LogP contribution in [0.5, 0.6) is 5.75 Å². The molecular formula is C17H16N2O2. The number of H-pyrrole nitrogens is 1. The molecule has 0 radical (unpaired) electrons. The number of aromatic amines is 1. The van der Waals surface area contributed by atoms with Crippen LogP contribution in [0.2, 0.25) is 0 Å². The Balaban J connectivity index is 2.14. The van der Waals surface area contributed by atoms with E-state index >= 15 is 0 Å². The van der Waals surface area contributed by atoms with Crippen molar-refractivity contribution in [2.75, 3.05) is 7.11 Å². The largest absolute Gasteiger partial charge is 0.497 e. The maximum absolute atomic E-state index is 11.3. The molecule has 0 spiro atoms. The molecule has 0 fully saturated rings. The number of hydrogen-bond acceptors (Lipinski definition) is 2. The second kappa shape index (κ2) is 4.98. The first-order valence-corrected chi connectivity index (χ1v) is 6.66. The summed E-state index contributed by atoms with van der Waals surface area (Å²) in [5.74, 6) is 0.409. The minimum absolute atomic E-state index is 0.413. The first-order chi connectivity index (χ1) is 10.1. The zero-order valence-corrected chi connectivity index (χ0v) is 11.9. The van der Waals surface area contributed by atoms with Gasteiger partial charge in [0.1, 0.15) is 5.75 Å². The average molecular weight is 280 g/mol. The Hall–Kier alpha value is -2.75. The molecule has 3 rings (SSSR count). The normalized spacial score (nSPS) is 10.8. The van der Waals surface area contributed by atoms with Crippen LogP contribution in [0.1, 0.15) is 15.9 Å². The molecule has 0 saturated heterocycles. The summed E-state index contributed by atoms with van der Waals surface area (Å²) >= 11 is 0. The summed E-state index contributed by atoms with van der Waals surface area (Å²) < 4.78 is 5.17. The van der Waals surface area contributed by atoms with E-state index in [0.29, 0.717) is 5.56 Å². The molecule has 2 aromatic carbocycles. The Morgan fingerprint density at radius 1 is 1.14 bits per heavy atom. The maximum Gasteiger partial charge on any atom is 0.248 e. The van der Waals surface area contributed by atoms with Gasteiger partial charge in [-0.2, -0.15) is 0 Å². The van der Waals surface area contributed by atoms with Crippen LogP contribution in [-0.2, 0) is 0 Å². The summed E-state index contributed by atoms with van der Waals surface area (Å²) in [6.07, 6.45) is 0. The van der Waals surface area contributed by atoms with Crippen LogP contribution in [0.3, 0.4) is 0 Å². The van der Waals surface area contributed by atoms with Gasteiger partial charge in [-0.15, -0.1) is 0 Å². The van der Waals surface area contributed by atoms with Crippen molar-refractivity contribution >= 4 is 16.8 Å². The van der Waals surface area contributed by atoms with E-state index in [0.717, 1.165) is 33.5 Å². The summed E-state index contributed by atoms with van der Waals surface area (Å²) in [5, 5.41) is 1.01. The van der Waals surface area contributed by atoms with Crippen LogP contribution in [0.4, 0.5) is 0 Å². The molecule has 3 aromatic rings. The van der Waals surface area contributed by atoms with Crippen LogP contribution in [0, 0.1) is 6.92 Å². The van der Waals surface area contributed by atoms with Gasteiger partial charge in [0.2, 0.25) is 5.91 Å². The van der Waals surface area contributed by atoms with Crippen molar-refractivity contribution in [3.8, 4) is 17.0 Å². The Labute approximate surface area is 122 Å². The Morgan fingerprint density at radius 2 is 1.86 bits per heavy atom. The number of methoxy groups -OCH3 is 1. The lowest BCUT2D eigenvalue weighted by atomic mass is 10.0. The lowest BCUT2D eigenvalue weighted by Gasteiger charge is -2.03. The van der Waals surface area contributed by atoms with Crippen molar-refractivity contribution in [2.24, 2.45) is 5.73 Å². The highest BCUT2D eigenvalue weighted by Gasteiger charge is 2.11. The third-order valence-corrected chi connectivity index (χ3v) is 3.72. The van der Waals surface area contributed by atoms with E-state index in [1.807, 2.05) is 43.3 Å². The number of benzene rings is 2. The lowest BCUT2D eigenvalue weighted by molar-refractivity contribution is 0.100. The molecule has 106 valence electrons. The molecule has 0 atom stereocenters. The highest BCUT2D eigenvalue weighted by molar-refractivity contribution is 5.99. The molecule has 1 heterocycles. The summed E-state index contributed by atoms with van der Waals surface area (Å²) in [4.78, 5) is 14.7. The van der Waals surface area contributed by atoms with Crippen molar-refractivity contribution in [1.29, 1.82) is 0 Å². The summed E-state index contributed by atoms with van der Waals surface area (Å²) in [6.45, 7) is 2.03. The number of nitrogens with one attached hydrogen (secondary N) is 1. The monoisotopic (exact) mass is 280 g/mol. The average Bonchev–Trinajstić information content (AvgIpc) is 2.84. The van der Waals surface area contributed by atoms with Crippen molar-refractivity contribution in [3.63, 3.8) is 0 Å². The number of amides is 1. The number of carbonyl (C=O) groups is 1. The standard InChI is InChI=1S/C17H16N2O2/c1-10-14-9-12(17(18)20)5-8-15(14)19-16(10)11-3-6-13(21-2)7-4-11/h3-9,19H,1-2H3,(H2,18,20). The van der Waals surface area contributed by atoms with Crippen molar-refractivity contribution in [1.82, 2.24) is 4.98 Å². The predicted molar refractivity (Wildman–Crippen MR) is 83.5 cm³/mol. The van der Waals surface area contributed by atoms with Crippen molar-refractivity contribution in [2.45, 2.75) is 6.92 Å². The van der Waals surface area contributed by atoms with Crippen molar-refractivity contribution in [3.05, 3.63) is 53.6 Å². The molecule has 0 saturated carbocycles. The van der Waals surface area contributed by atoms with E-state index in [9.17, 15) is 4.79 Å². The Bertz CT molecular complexity index is 817. The Kier molecular flexibility index (Phi) is 3.14. The summed E-state index contributed by atoms with van der Waals surface area (Å²) in [5.41, 5.74) is 10.1. The van der Waals surface area contributed by atoms with Crippen LogP contribution >= 0.6 is 0 Å². The number of carbonyl (C=O) groups excluding carboxylic acids is 1. The minimum Gasteiger partial charge on any atom is -0.497 e. The molecular weight excluding hydrogens is 264 g/mol. The zero-order valence-electron chi connectivity index (χ0n) is 11.9. The van der Waals surface area contributed by atoms with Crippen LogP contribution in [0.15, 0.2) is 42.5 Å². The van der Waals surface area contributed by atoms with Gasteiger partial charge < -0.3 is 15.5 Å². The van der Waals surface area contributed by atoms with Gasteiger partial charge in [0.25, 0.3) is 0 Å². The fourth-order valence-electron chi connectivity index (χ4n) is 2.53. The molecule has 4 nitrogen and oxygen atoms in total. The molecule has 0 aliphatic rings. The third kappa shape index (κ3) is 2.25. The number of rotatable bonds is 3. The van der Waals surface area contributed by atoms with Crippen LogP contribution in [0.25, 0.3) is 22.2 Å². The van der Waals surface area contributed by atoms with Crippen molar-refractivity contribution < 1.29 is 9.53 Å². The second-order valence-electron chi connectivity index (χ2n) is 4.98. The quantitative estimate of drug-likeness (QED) is 0.773. The molecule has 0 bridgehead atoms.